The van der Waals surface area contributed by atoms with E-state index < -0.39 is 17.7 Å². The summed E-state index contributed by atoms with van der Waals surface area (Å²) in [5.41, 5.74) is 2.14. The van der Waals surface area contributed by atoms with Crippen molar-refractivity contribution in [3.8, 4) is 11.5 Å². The van der Waals surface area contributed by atoms with Gasteiger partial charge < -0.3 is 14.6 Å². The van der Waals surface area contributed by atoms with Gasteiger partial charge in [0.1, 0.15) is 17.3 Å². The third-order valence-electron chi connectivity index (χ3n) is 5.66. The number of hydrogen-bond donors (Lipinski definition) is 1. The number of aryl methyl sites for hydroxylation is 1. The number of halogens is 1. The molecule has 1 heterocycles. The zero-order valence-corrected chi connectivity index (χ0v) is 19.8. The number of ketones is 1. The molecule has 0 spiro atoms. The third kappa shape index (κ3) is 4.13. The second-order valence-electron chi connectivity index (χ2n) is 7.82. The maximum atomic E-state index is 13.4. The molecular weight excluding hydrogens is 454 g/mol. The summed E-state index contributed by atoms with van der Waals surface area (Å²) in [6.45, 7) is 4.15. The average Bonchev–Trinajstić information content (AvgIpc) is 3.10. The monoisotopic (exact) mass is 477 g/mol. The highest BCUT2D eigenvalue weighted by molar-refractivity contribution is 6.52. The van der Waals surface area contributed by atoms with Gasteiger partial charge in [-0.05, 0) is 55.8 Å². The fraction of sp³-hybridized carbons (Fsp3) is 0.185. The highest BCUT2D eigenvalue weighted by atomic mass is 35.5. The number of carbonyl (C=O) groups excluding carboxylic acids is 2. The number of carbonyl (C=O) groups is 2. The second kappa shape index (κ2) is 9.61. The van der Waals surface area contributed by atoms with E-state index in [1.807, 2.05) is 32.0 Å². The lowest BCUT2D eigenvalue weighted by atomic mass is 9.94. The molecule has 0 aromatic heterocycles. The summed E-state index contributed by atoms with van der Waals surface area (Å²) in [5.74, 6) is -0.980. The maximum absolute atomic E-state index is 13.4. The standard InChI is InChI=1S/C27H24ClNO5/c1-4-34-18-12-13-21(28)20(15-18)25(30)23-24(19-10-5-6-11-22(19)33-3)29(27(32)26(23)31)17-9-7-8-16(2)14-17/h5-15,24,30H,4H2,1-3H3/b25-23+. The summed E-state index contributed by atoms with van der Waals surface area (Å²) in [5, 5.41) is 11.6. The van der Waals surface area contributed by atoms with Crippen molar-refractivity contribution in [3.05, 3.63) is 94.0 Å². The summed E-state index contributed by atoms with van der Waals surface area (Å²) in [6.07, 6.45) is 0. The Morgan fingerprint density at radius 3 is 2.53 bits per heavy atom. The fourth-order valence-electron chi connectivity index (χ4n) is 4.15. The van der Waals surface area contributed by atoms with Gasteiger partial charge in [0.15, 0.2) is 0 Å². The number of aliphatic hydroxyl groups excluding tert-OH is 1. The van der Waals surface area contributed by atoms with Crippen molar-refractivity contribution in [2.45, 2.75) is 19.9 Å². The molecule has 7 heteroatoms. The predicted molar refractivity (Wildman–Crippen MR) is 132 cm³/mol. The second-order valence-corrected chi connectivity index (χ2v) is 8.23. The lowest BCUT2D eigenvalue weighted by Gasteiger charge is -2.27. The molecule has 1 aliphatic heterocycles. The molecule has 0 aliphatic carbocycles. The van der Waals surface area contributed by atoms with Gasteiger partial charge in [0.2, 0.25) is 0 Å². The fourth-order valence-corrected chi connectivity index (χ4v) is 4.36. The first-order chi connectivity index (χ1) is 16.4. The number of ether oxygens (including phenoxy) is 2. The molecule has 1 saturated heterocycles. The molecule has 1 N–H and O–H groups in total. The lowest BCUT2D eigenvalue weighted by molar-refractivity contribution is -0.132. The van der Waals surface area contributed by atoms with Crippen LogP contribution in [0.5, 0.6) is 11.5 Å². The van der Waals surface area contributed by atoms with Crippen LogP contribution in [0.1, 0.15) is 29.7 Å². The summed E-state index contributed by atoms with van der Waals surface area (Å²) < 4.78 is 11.1. The van der Waals surface area contributed by atoms with Crippen LogP contribution in [0.25, 0.3) is 5.76 Å². The molecule has 1 atom stereocenters. The number of amides is 1. The van der Waals surface area contributed by atoms with Crippen molar-refractivity contribution >= 4 is 34.7 Å². The zero-order chi connectivity index (χ0) is 24.4. The van der Waals surface area contributed by atoms with Crippen molar-refractivity contribution < 1.29 is 24.2 Å². The molecule has 3 aromatic carbocycles. The van der Waals surface area contributed by atoms with Gasteiger partial charge in [-0.3, -0.25) is 14.5 Å². The Bertz CT molecular complexity index is 1300. The van der Waals surface area contributed by atoms with E-state index in [2.05, 4.69) is 0 Å². The molecule has 1 amide bonds. The van der Waals surface area contributed by atoms with Gasteiger partial charge in [0.25, 0.3) is 11.7 Å². The number of anilines is 1. The Hall–Kier alpha value is -3.77. The summed E-state index contributed by atoms with van der Waals surface area (Å²) >= 11 is 6.40. The first-order valence-electron chi connectivity index (χ1n) is 10.8. The molecule has 6 nitrogen and oxygen atoms in total. The number of benzene rings is 3. The smallest absolute Gasteiger partial charge is 0.300 e. The van der Waals surface area contributed by atoms with E-state index >= 15 is 0 Å². The zero-order valence-electron chi connectivity index (χ0n) is 19.0. The van der Waals surface area contributed by atoms with Crippen molar-refractivity contribution in [2.75, 3.05) is 18.6 Å². The van der Waals surface area contributed by atoms with E-state index in [-0.39, 0.29) is 21.9 Å². The molecule has 4 rings (SSSR count). The molecule has 0 radical (unpaired) electrons. The molecule has 174 valence electrons. The number of rotatable bonds is 6. The van der Waals surface area contributed by atoms with Gasteiger partial charge in [0, 0.05) is 16.8 Å². The minimum absolute atomic E-state index is 0.0773. The van der Waals surface area contributed by atoms with Crippen LogP contribution in [0.3, 0.4) is 0 Å². The van der Waals surface area contributed by atoms with Crippen LogP contribution in [0.4, 0.5) is 5.69 Å². The van der Waals surface area contributed by atoms with Crippen LogP contribution in [-0.4, -0.2) is 30.5 Å². The minimum Gasteiger partial charge on any atom is -0.507 e. The SMILES string of the molecule is CCOc1ccc(Cl)c(/C(O)=C2\C(=O)C(=O)N(c3cccc(C)c3)C2c2ccccc2OC)c1. The normalized spacial score (nSPS) is 17.2. The maximum Gasteiger partial charge on any atom is 0.300 e. The molecule has 1 unspecified atom stereocenters. The minimum atomic E-state index is -0.926. The largest absolute Gasteiger partial charge is 0.507 e. The first-order valence-corrected chi connectivity index (χ1v) is 11.2. The first kappa shape index (κ1) is 23.4. The number of Topliss-reactive ketones (excluding diaryl/α,β-unsaturated/α-hetero) is 1. The van der Waals surface area contributed by atoms with E-state index in [1.54, 1.807) is 48.5 Å². The van der Waals surface area contributed by atoms with Gasteiger partial charge in [-0.2, -0.15) is 0 Å². The molecule has 1 fully saturated rings. The molecule has 3 aromatic rings. The van der Waals surface area contributed by atoms with Gasteiger partial charge in [-0.15, -0.1) is 0 Å². The van der Waals surface area contributed by atoms with Crippen LogP contribution in [0.15, 0.2) is 72.3 Å². The number of para-hydroxylation sites is 1. The lowest BCUT2D eigenvalue weighted by Crippen LogP contribution is -2.29. The Labute approximate surface area is 203 Å². The van der Waals surface area contributed by atoms with Crippen LogP contribution in [0, 0.1) is 6.92 Å². The van der Waals surface area contributed by atoms with Crippen LogP contribution < -0.4 is 14.4 Å². The Morgan fingerprint density at radius 2 is 1.82 bits per heavy atom. The highest BCUT2D eigenvalue weighted by Crippen LogP contribution is 2.45. The number of nitrogens with zero attached hydrogens (tertiary/aromatic N) is 1. The van der Waals surface area contributed by atoms with E-state index in [0.29, 0.717) is 29.4 Å². The van der Waals surface area contributed by atoms with E-state index in [9.17, 15) is 14.7 Å². The Kier molecular flexibility index (Phi) is 6.61. The quantitative estimate of drug-likeness (QED) is 0.281. The molecule has 34 heavy (non-hydrogen) atoms. The van der Waals surface area contributed by atoms with Gasteiger partial charge in [-0.1, -0.05) is 41.9 Å². The van der Waals surface area contributed by atoms with E-state index in [0.717, 1.165) is 5.56 Å². The summed E-state index contributed by atoms with van der Waals surface area (Å²) in [6, 6.07) is 18.3. The molecule has 0 bridgehead atoms. The molecule has 1 aliphatic rings. The topological polar surface area (TPSA) is 76.1 Å². The molecular formula is C27H24ClNO5. The van der Waals surface area contributed by atoms with Crippen molar-refractivity contribution in [1.29, 1.82) is 0 Å². The van der Waals surface area contributed by atoms with Crippen LogP contribution >= 0.6 is 11.6 Å². The van der Waals surface area contributed by atoms with Crippen LogP contribution in [-0.2, 0) is 9.59 Å². The van der Waals surface area contributed by atoms with Crippen LogP contribution in [0.2, 0.25) is 5.02 Å². The van der Waals surface area contributed by atoms with E-state index in [4.69, 9.17) is 21.1 Å². The van der Waals surface area contributed by atoms with Gasteiger partial charge in [-0.25, -0.2) is 0 Å². The Morgan fingerprint density at radius 1 is 1.06 bits per heavy atom. The summed E-state index contributed by atoms with van der Waals surface area (Å²) in [4.78, 5) is 28.1. The van der Waals surface area contributed by atoms with Crippen molar-refractivity contribution in [2.24, 2.45) is 0 Å². The average molecular weight is 478 g/mol. The molecule has 0 saturated carbocycles. The van der Waals surface area contributed by atoms with Gasteiger partial charge >= 0.3 is 0 Å². The predicted octanol–water partition coefficient (Wildman–Crippen LogP) is 5.68. The number of hydrogen-bond acceptors (Lipinski definition) is 5. The Balaban J connectivity index is 2.00. The van der Waals surface area contributed by atoms with Crippen molar-refractivity contribution in [1.82, 2.24) is 0 Å². The van der Waals surface area contributed by atoms with E-state index in [1.165, 1.54) is 12.0 Å². The third-order valence-corrected chi connectivity index (χ3v) is 5.99. The van der Waals surface area contributed by atoms with Gasteiger partial charge in [0.05, 0.1) is 30.4 Å². The van der Waals surface area contributed by atoms with Crippen molar-refractivity contribution in [3.63, 3.8) is 0 Å². The number of aliphatic hydroxyl groups is 1. The number of methoxy groups -OCH3 is 1. The summed E-state index contributed by atoms with van der Waals surface area (Å²) in [7, 11) is 1.51. The highest BCUT2D eigenvalue weighted by Gasteiger charge is 2.48.